The molecular formula is C16H22N4O2S. The van der Waals surface area contributed by atoms with Crippen molar-refractivity contribution in [2.45, 2.75) is 58.8 Å². The van der Waals surface area contributed by atoms with Crippen molar-refractivity contribution in [2.75, 3.05) is 0 Å². The first-order chi connectivity index (χ1) is 10.8. The topological polar surface area (TPSA) is 71.2 Å². The molecule has 1 unspecified atom stereocenters. The molecular weight excluding hydrogens is 312 g/mol. The predicted octanol–water partition coefficient (Wildman–Crippen LogP) is 2.41. The van der Waals surface area contributed by atoms with E-state index in [2.05, 4.69) is 43.1 Å². The predicted molar refractivity (Wildman–Crippen MR) is 88.4 cm³/mol. The minimum Gasteiger partial charge on any atom is -0.480 e. The average Bonchev–Trinajstić information content (AvgIpc) is 3.05. The van der Waals surface area contributed by atoms with E-state index in [4.69, 9.17) is 0 Å². The number of rotatable bonds is 3. The highest BCUT2D eigenvalue weighted by Crippen LogP contribution is 2.31. The normalized spacial score (nSPS) is 18.9. The van der Waals surface area contributed by atoms with Gasteiger partial charge in [-0.15, -0.1) is 21.5 Å². The van der Waals surface area contributed by atoms with Gasteiger partial charge in [0.05, 0.1) is 13.1 Å². The van der Waals surface area contributed by atoms with Gasteiger partial charge < -0.3 is 9.67 Å². The first kappa shape index (κ1) is 16.1. The first-order valence-corrected chi connectivity index (χ1v) is 8.52. The molecule has 0 saturated carbocycles. The van der Waals surface area contributed by atoms with Crippen molar-refractivity contribution in [3.05, 3.63) is 33.5 Å². The average molecular weight is 334 g/mol. The molecule has 23 heavy (non-hydrogen) atoms. The second kappa shape index (κ2) is 5.72. The molecule has 3 heterocycles. The van der Waals surface area contributed by atoms with Gasteiger partial charge in [0.25, 0.3) is 0 Å². The van der Waals surface area contributed by atoms with Gasteiger partial charge in [-0.05, 0) is 24.5 Å². The molecule has 1 atom stereocenters. The lowest BCUT2D eigenvalue weighted by atomic mass is 9.95. The molecule has 0 aliphatic carbocycles. The van der Waals surface area contributed by atoms with Crippen LogP contribution >= 0.6 is 11.3 Å². The maximum absolute atomic E-state index is 11.7. The number of aromatic nitrogens is 3. The maximum Gasteiger partial charge on any atom is 0.322 e. The van der Waals surface area contributed by atoms with Gasteiger partial charge in [-0.2, -0.15) is 0 Å². The Hall–Kier alpha value is -1.73. The molecule has 3 rings (SSSR count). The van der Waals surface area contributed by atoms with Crippen molar-refractivity contribution in [3.63, 3.8) is 0 Å². The fourth-order valence-electron chi connectivity index (χ4n) is 2.83. The van der Waals surface area contributed by atoms with Gasteiger partial charge in [-0.3, -0.25) is 9.69 Å². The van der Waals surface area contributed by atoms with E-state index < -0.39 is 12.0 Å². The number of hydrogen-bond donors (Lipinski definition) is 1. The lowest BCUT2D eigenvalue weighted by Gasteiger charge is -2.33. The molecule has 0 spiro atoms. The molecule has 2 aromatic heterocycles. The van der Waals surface area contributed by atoms with Crippen LogP contribution in [0.15, 0.2) is 12.1 Å². The zero-order valence-corrected chi connectivity index (χ0v) is 14.7. The van der Waals surface area contributed by atoms with E-state index in [0.29, 0.717) is 19.6 Å². The van der Waals surface area contributed by atoms with Gasteiger partial charge in [-0.1, -0.05) is 20.8 Å². The van der Waals surface area contributed by atoms with Crippen molar-refractivity contribution in [2.24, 2.45) is 0 Å². The number of nitrogens with zero attached hydrogens (tertiary/aromatic N) is 4. The minimum absolute atomic E-state index is 0.119. The third-order valence-corrected chi connectivity index (χ3v) is 5.69. The monoisotopic (exact) mass is 334 g/mol. The Balaban J connectivity index is 1.83. The van der Waals surface area contributed by atoms with Gasteiger partial charge in [0.1, 0.15) is 17.7 Å². The molecule has 0 amide bonds. The van der Waals surface area contributed by atoms with Crippen LogP contribution in [0.1, 0.15) is 42.2 Å². The Kier molecular flexibility index (Phi) is 4.01. The van der Waals surface area contributed by atoms with Crippen LogP contribution in [-0.4, -0.2) is 36.8 Å². The molecule has 2 aromatic rings. The molecule has 0 fully saturated rings. The van der Waals surface area contributed by atoms with Crippen LogP contribution in [0.3, 0.4) is 0 Å². The van der Waals surface area contributed by atoms with E-state index in [1.165, 1.54) is 9.75 Å². The maximum atomic E-state index is 11.7. The number of carbonyl (C=O) groups is 1. The van der Waals surface area contributed by atoms with E-state index in [9.17, 15) is 9.90 Å². The third kappa shape index (κ3) is 3.16. The molecule has 1 aliphatic rings. The number of carboxylic acid groups (broad SMARTS) is 1. The standard InChI is InChI=1S/C16H22N4O2S/c1-10-17-18-14-9-19(12(15(21)22)8-20(10)14)7-11-5-6-13(23-11)16(2,3)4/h5-6,12H,7-9H2,1-4H3,(H,21,22). The molecule has 7 heteroatoms. The number of fused-ring (bicyclic) bond motifs is 1. The summed E-state index contributed by atoms with van der Waals surface area (Å²) < 4.78 is 1.91. The van der Waals surface area contributed by atoms with Crippen molar-refractivity contribution >= 4 is 17.3 Å². The molecule has 0 saturated heterocycles. The second-order valence-electron chi connectivity index (χ2n) is 7.05. The Morgan fingerprint density at radius 2 is 2.13 bits per heavy atom. The summed E-state index contributed by atoms with van der Waals surface area (Å²) in [6.45, 7) is 9.98. The zero-order chi connectivity index (χ0) is 16.8. The van der Waals surface area contributed by atoms with Crippen LogP contribution < -0.4 is 0 Å². The highest BCUT2D eigenvalue weighted by molar-refractivity contribution is 7.12. The molecule has 0 bridgehead atoms. The van der Waals surface area contributed by atoms with Crippen LogP contribution in [-0.2, 0) is 29.8 Å². The van der Waals surface area contributed by atoms with Crippen LogP contribution in [0.5, 0.6) is 0 Å². The minimum atomic E-state index is -0.795. The van der Waals surface area contributed by atoms with Crippen LogP contribution in [0.2, 0.25) is 0 Å². The van der Waals surface area contributed by atoms with Gasteiger partial charge in [0.2, 0.25) is 0 Å². The van der Waals surface area contributed by atoms with E-state index in [1.54, 1.807) is 11.3 Å². The number of aryl methyl sites for hydroxylation is 1. The van der Waals surface area contributed by atoms with Crippen molar-refractivity contribution in [3.8, 4) is 0 Å². The van der Waals surface area contributed by atoms with Gasteiger partial charge in [-0.25, -0.2) is 0 Å². The number of hydrogen-bond acceptors (Lipinski definition) is 5. The van der Waals surface area contributed by atoms with Gasteiger partial charge in [0, 0.05) is 16.3 Å². The lowest BCUT2D eigenvalue weighted by Crippen LogP contribution is -2.47. The smallest absolute Gasteiger partial charge is 0.322 e. The lowest BCUT2D eigenvalue weighted by molar-refractivity contribution is -0.145. The molecule has 1 N–H and O–H groups in total. The van der Waals surface area contributed by atoms with Gasteiger partial charge in [0.15, 0.2) is 0 Å². The Labute approximate surface area is 139 Å². The molecule has 0 radical (unpaired) electrons. The van der Waals surface area contributed by atoms with E-state index in [0.717, 1.165) is 11.6 Å². The second-order valence-corrected chi connectivity index (χ2v) is 8.22. The molecule has 6 nitrogen and oxygen atoms in total. The fourth-order valence-corrected chi connectivity index (χ4v) is 3.92. The SMILES string of the molecule is Cc1nnc2n1CC(C(=O)O)N(Cc1ccc(C(C)(C)C)s1)C2. The summed E-state index contributed by atoms with van der Waals surface area (Å²) in [5, 5.41) is 17.8. The van der Waals surface area contributed by atoms with E-state index in [-0.39, 0.29) is 5.41 Å². The summed E-state index contributed by atoms with van der Waals surface area (Å²) >= 11 is 1.76. The van der Waals surface area contributed by atoms with E-state index >= 15 is 0 Å². The molecule has 0 aromatic carbocycles. The fraction of sp³-hybridized carbons (Fsp3) is 0.562. The quantitative estimate of drug-likeness (QED) is 0.933. The Morgan fingerprint density at radius 3 is 2.74 bits per heavy atom. The van der Waals surface area contributed by atoms with Crippen LogP contribution in [0.25, 0.3) is 0 Å². The summed E-state index contributed by atoms with van der Waals surface area (Å²) in [5.74, 6) is 0.820. The first-order valence-electron chi connectivity index (χ1n) is 7.70. The summed E-state index contributed by atoms with van der Waals surface area (Å²) in [5.41, 5.74) is 0.119. The Morgan fingerprint density at radius 1 is 1.39 bits per heavy atom. The van der Waals surface area contributed by atoms with Gasteiger partial charge >= 0.3 is 5.97 Å². The summed E-state index contributed by atoms with van der Waals surface area (Å²) in [7, 11) is 0. The molecule has 124 valence electrons. The number of aliphatic carboxylic acids is 1. The van der Waals surface area contributed by atoms with Crippen molar-refractivity contribution in [1.29, 1.82) is 0 Å². The molecule has 1 aliphatic heterocycles. The van der Waals surface area contributed by atoms with E-state index in [1.807, 2.05) is 16.4 Å². The van der Waals surface area contributed by atoms with Crippen molar-refractivity contribution in [1.82, 2.24) is 19.7 Å². The van der Waals surface area contributed by atoms with Crippen LogP contribution in [0, 0.1) is 6.92 Å². The van der Waals surface area contributed by atoms with Crippen LogP contribution in [0.4, 0.5) is 0 Å². The summed E-state index contributed by atoms with van der Waals surface area (Å²) in [4.78, 5) is 16.1. The number of carboxylic acids is 1. The zero-order valence-electron chi connectivity index (χ0n) is 13.9. The highest BCUT2D eigenvalue weighted by Gasteiger charge is 2.33. The largest absolute Gasteiger partial charge is 0.480 e. The summed E-state index contributed by atoms with van der Waals surface area (Å²) in [6, 6.07) is 3.71. The third-order valence-electron chi connectivity index (χ3n) is 4.20. The number of thiophene rings is 1. The Bertz CT molecular complexity index is 729. The highest BCUT2D eigenvalue weighted by atomic mass is 32.1. The summed E-state index contributed by atoms with van der Waals surface area (Å²) in [6.07, 6.45) is 0. The van der Waals surface area contributed by atoms with Crippen molar-refractivity contribution < 1.29 is 9.90 Å².